The topological polar surface area (TPSA) is 134 Å². The van der Waals surface area contributed by atoms with Gasteiger partial charge in [-0.1, -0.05) is 29.8 Å². The van der Waals surface area contributed by atoms with Gasteiger partial charge in [-0.25, -0.2) is 4.79 Å². The van der Waals surface area contributed by atoms with Crippen LogP contribution in [0.25, 0.3) is 0 Å². The van der Waals surface area contributed by atoms with E-state index in [2.05, 4.69) is 16.0 Å². The minimum absolute atomic E-state index is 0.369. The molecule has 162 valence electrons. The van der Waals surface area contributed by atoms with Gasteiger partial charge >= 0.3 is 12.0 Å². The Morgan fingerprint density at radius 3 is 2.43 bits per heavy atom. The van der Waals surface area contributed by atoms with E-state index in [1.165, 1.54) is 6.92 Å². The number of hydrogen-bond acceptors (Lipinski definition) is 6. The summed E-state index contributed by atoms with van der Waals surface area (Å²) in [5.41, 5.74) is 0.283. The molecule has 1 fully saturated rings. The highest BCUT2D eigenvalue weighted by Gasteiger charge is 2.49. The number of ether oxygens (including phenoxy) is 1. The van der Waals surface area contributed by atoms with Crippen molar-refractivity contribution < 1.29 is 28.7 Å². The van der Waals surface area contributed by atoms with Crippen molar-refractivity contribution in [2.75, 3.05) is 19.7 Å². The van der Waals surface area contributed by atoms with Crippen LogP contribution in [0, 0.1) is 6.92 Å². The van der Waals surface area contributed by atoms with Crippen LogP contribution < -0.4 is 16.0 Å². The van der Waals surface area contributed by atoms with Crippen LogP contribution in [0.1, 0.15) is 31.9 Å². The van der Waals surface area contributed by atoms with Gasteiger partial charge in [-0.3, -0.25) is 24.1 Å². The fraction of sp³-hybridized carbons (Fsp3) is 0.450. The third kappa shape index (κ3) is 5.13. The molecule has 0 aromatic heterocycles. The SMILES string of the molecule is CCNC(=O)[C@@H](C)NC(=O)COC(=O)CN1C(=O)N[C@](C)(c2ccc(C)cc2)C1=O. The molecule has 0 bridgehead atoms. The predicted octanol–water partition coefficient (Wildman–Crippen LogP) is -0.0540. The molecular formula is C20H26N4O6. The third-order valence-electron chi connectivity index (χ3n) is 4.68. The zero-order chi connectivity index (χ0) is 22.5. The van der Waals surface area contributed by atoms with Crippen molar-refractivity contribution in [3.63, 3.8) is 0 Å². The number of carbonyl (C=O) groups excluding carboxylic acids is 5. The molecule has 2 atom stereocenters. The lowest BCUT2D eigenvalue weighted by Gasteiger charge is -2.22. The summed E-state index contributed by atoms with van der Waals surface area (Å²) >= 11 is 0. The number of nitrogens with zero attached hydrogens (tertiary/aromatic N) is 1. The Labute approximate surface area is 174 Å². The fourth-order valence-electron chi connectivity index (χ4n) is 2.92. The van der Waals surface area contributed by atoms with Crippen molar-refractivity contribution >= 4 is 29.7 Å². The van der Waals surface area contributed by atoms with E-state index in [1.807, 2.05) is 19.1 Å². The summed E-state index contributed by atoms with van der Waals surface area (Å²) < 4.78 is 4.84. The number of benzene rings is 1. The van der Waals surface area contributed by atoms with E-state index in [1.54, 1.807) is 26.0 Å². The molecule has 1 aliphatic rings. The molecule has 1 saturated heterocycles. The summed E-state index contributed by atoms with van der Waals surface area (Å²) in [5, 5.41) is 7.52. The fourth-order valence-corrected chi connectivity index (χ4v) is 2.92. The zero-order valence-electron chi connectivity index (χ0n) is 17.4. The van der Waals surface area contributed by atoms with Crippen LogP contribution in [0.3, 0.4) is 0 Å². The number of likely N-dealkylation sites (N-methyl/N-ethyl adjacent to an activating group) is 1. The van der Waals surface area contributed by atoms with Gasteiger partial charge in [-0.15, -0.1) is 0 Å². The molecule has 5 amide bonds. The molecule has 3 N–H and O–H groups in total. The van der Waals surface area contributed by atoms with Gasteiger partial charge < -0.3 is 20.7 Å². The first-order valence-corrected chi connectivity index (χ1v) is 9.52. The standard InChI is InChI=1S/C20H26N4O6/c1-5-21-17(27)13(3)22-15(25)11-30-16(26)10-24-18(28)20(4,23-19(24)29)14-8-6-12(2)7-9-14/h6-9,13H,5,10-11H2,1-4H3,(H,21,27)(H,22,25)(H,23,29)/t13-,20-/m1/s1. The van der Waals surface area contributed by atoms with Gasteiger partial charge in [0.25, 0.3) is 11.8 Å². The molecule has 1 heterocycles. The van der Waals surface area contributed by atoms with Gasteiger partial charge in [0.1, 0.15) is 18.1 Å². The molecule has 10 nitrogen and oxygen atoms in total. The molecule has 0 radical (unpaired) electrons. The van der Waals surface area contributed by atoms with Crippen molar-refractivity contribution in [1.82, 2.24) is 20.9 Å². The Balaban J connectivity index is 1.91. The van der Waals surface area contributed by atoms with E-state index in [-0.39, 0.29) is 5.91 Å². The maximum Gasteiger partial charge on any atom is 0.326 e. The number of rotatable bonds is 8. The quantitative estimate of drug-likeness (QED) is 0.400. The van der Waals surface area contributed by atoms with Crippen LogP contribution in [-0.2, 0) is 29.5 Å². The Morgan fingerprint density at radius 2 is 1.83 bits per heavy atom. The monoisotopic (exact) mass is 418 g/mol. The summed E-state index contributed by atoms with van der Waals surface area (Å²) in [5.74, 6) is -2.56. The highest BCUT2D eigenvalue weighted by Crippen LogP contribution is 2.28. The smallest absolute Gasteiger partial charge is 0.326 e. The van der Waals surface area contributed by atoms with Crippen molar-refractivity contribution in [1.29, 1.82) is 0 Å². The van der Waals surface area contributed by atoms with E-state index in [9.17, 15) is 24.0 Å². The van der Waals surface area contributed by atoms with Crippen LogP contribution >= 0.6 is 0 Å². The predicted molar refractivity (Wildman–Crippen MR) is 106 cm³/mol. The Morgan fingerprint density at radius 1 is 1.20 bits per heavy atom. The van der Waals surface area contributed by atoms with Crippen LogP contribution in [0.4, 0.5) is 4.79 Å². The molecule has 1 aromatic rings. The van der Waals surface area contributed by atoms with E-state index in [0.29, 0.717) is 12.1 Å². The van der Waals surface area contributed by atoms with Gasteiger partial charge in [0.2, 0.25) is 5.91 Å². The number of carbonyl (C=O) groups is 5. The summed E-state index contributed by atoms with van der Waals surface area (Å²) in [6.45, 7) is 5.84. The Kier molecular flexibility index (Phi) is 7.14. The molecule has 30 heavy (non-hydrogen) atoms. The molecule has 10 heteroatoms. The molecule has 1 aliphatic heterocycles. The van der Waals surface area contributed by atoms with Gasteiger partial charge in [-0.2, -0.15) is 0 Å². The van der Waals surface area contributed by atoms with E-state index < -0.39 is 48.5 Å². The van der Waals surface area contributed by atoms with Gasteiger partial charge in [-0.05, 0) is 33.3 Å². The van der Waals surface area contributed by atoms with Crippen molar-refractivity contribution in [3.8, 4) is 0 Å². The molecule has 0 aliphatic carbocycles. The summed E-state index contributed by atoms with van der Waals surface area (Å²) in [4.78, 5) is 61.3. The second kappa shape index (κ2) is 9.38. The number of urea groups is 1. The average Bonchev–Trinajstić information content (AvgIpc) is 2.91. The first-order chi connectivity index (χ1) is 14.1. The number of amides is 5. The lowest BCUT2D eigenvalue weighted by atomic mass is 9.91. The number of imide groups is 1. The summed E-state index contributed by atoms with van der Waals surface area (Å²) in [6, 6.07) is 5.58. The van der Waals surface area contributed by atoms with Crippen LogP contribution in [0.2, 0.25) is 0 Å². The molecule has 1 aromatic carbocycles. The molecule has 0 spiro atoms. The van der Waals surface area contributed by atoms with Crippen LogP contribution in [0.5, 0.6) is 0 Å². The summed E-state index contributed by atoms with van der Waals surface area (Å²) in [7, 11) is 0. The molecular weight excluding hydrogens is 392 g/mol. The van der Waals surface area contributed by atoms with Gasteiger partial charge in [0.05, 0.1) is 0 Å². The first kappa shape index (κ1) is 22.9. The van der Waals surface area contributed by atoms with E-state index in [4.69, 9.17) is 4.74 Å². The molecule has 2 rings (SSSR count). The summed E-state index contributed by atoms with van der Waals surface area (Å²) in [6.07, 6.45) is 0. The number of aryl methyl sites for hydroxylation is 1. The lowest BCUT2D eigenvalue weighted by molar-refractivity contribution is -0.151. The first-order valence-electron chi connectivity index (χ1n) is 9.52. The van der Waals surface area contributed by atoms with Crippen molar-refractivity contribution in [2.45, 2.75) is 39.3 Å². The van der Waals surface area contributed by atoms with Crippen LogP contribution in [0.15, 0.2) is 24.3 Å². The second-order valence-electron chi connectivity index (χ2n) is 7.16. The highest BCUT2D eigenvalue weighted by molar-refractivity contribution is 6.08. The minimum Gasteiger partial charge on any atom is -0.454 e. The van der Waals surface area contributed by atoms with E-state index >= 15 is 0 Å². The molecule has 0 saturated carbocycles. The minimum atomic E-state index is -1.30. The molecule has 0 unspecified atom stereocenters. The zero-order valence-corrected chi connectivity index (χ0v) is 17.4. The maximum absolute atomic E-state index is 12.8. The maximum atomic E-state index is 12.8. The van der Waals surface area contributed by atoms with Gasteiger partial charge in [0, 0.05) is 6.54 Å². The Hall–Kier alpha value is -3.43. The normalized spacial score (nSPS) is 19.1. The highest BCUT2D eigenvalue weighted by atomic mass is 16.5. The Bertz CT molecular complexity index is 853. The second-order valence-corrected chi connectivity index (χ2v) is 7.16. The average molecular weight is 418 g/mol. The van der Waals surface area contributed by atoms with Gasteiger partial charge in [0.15, 0.2) is 6.61 Å². The number of esters is 1. The van der Waals surface area contributed by atoms with Crippen molar-refractivity contribution in [2.24, 2.45) is 0 Å². The largest absolute Gasteiger partial charge is 0.454 e. The number of nitrogens with one attached hydrogen (secondary N) is 3. The lowest BCUT2D eigenvalue weighted by Crippen LogP contribution is -2.46. The number of hydrogen-bond donors (Lipinski definition) is 3. The third-order valence-corrected chi connectivity index (χ3v) is 4.68. The van der Waals surface area contributed by atoms with Crippen LogP contribution in [-0.4, -0.2) is 60.4 Å². The van der Waals surface area contributed by atoms with E-state index in [0.717, 1.165) is 10.5 Å². The van der Waals surface area contributed by atoms with Crippen molar-refractivity contribution in [3.05, 3.63) is 35.4 Å².